The van der Waals surface area contributed by atoms with Crippen molar-refractivity contribution in [2.75, 3.05) is 7.05 Å². The first-order valence-electron chi connectivity index (χ1n) is 5.37. The summed E-state index contributed by atoms with van der Waals surface area (Å²) in [5.74, 6) is 5.42. The summed E-state index contributed by atoms with van der Waals surface area (Å²) in [5.41, 5.74) is 2.84. The Morgan fingerprint density at radius 3 is 2.25 bits per heavy atom. The van der Waals surface area contributed by atoms with Gasteiger partial charge in [-0.05, 0) is 44.4 Å². The van der Waals surface area contributed by atoms with Crippen LogP contribution in [0.25, 0.3) is 0 Å². The molecule has 1 amide bonds. The zero-order valence-electron chi connectivity index (χ0n) is 10.7. The molecule has 0 radical (unpaired) electrons. The van der Waals surface area contributed by atoms with Gasteiger partial charge in [-0.2, -0.15) is 0 Å². The van der Waals surface area contributed by atoms with Gasteiger partial charge in [-0.25, -0.2) is 5.84 Å². The fraction of sp³-hybridized carbons (Fsp3) is 0.462. The number of benzene rings is 1. The first kappa shape index (κ1) is 12.7. The van der Waals surface area contributed by atoms with Crippen LogP contribution in [0.3, 0.4) is 0 Å². The van der Waals surface area contributed by atoms with Crippen molar-refractivity contribution in [3.63, 3.8) is 0 Å². The second-order valence-corrected chi connectivity index (χ2v) is 4.84. The van der Waals surface area contributed by atoms with Crippen LogP contribution >= 0.6 is 0 Å². The topological polar surface area (TPSA) is 46.3 Å². The SMILES string of the molecule is Cc1ccc(C(C)(C)C(=O)N(C)N)cc1C. The van der Waals surface area contributed by atoms with E-state index in [0.717, 1.165) is 10.6 Å². The lowest BCUT2D eigenvalue weighted by molar-refractivity contribution is -0.135. The van der Waals surface area contributed by atoms with Crippen molar-refractivity contribution in [2.24, 2.45) is 5.84 Å². The Hall–Kier alpha value is -1.35. The number of carbonyl (C=O) groups excluding carboxylic acids is 1. The van der Waals surface area contributed by atoms with Gasteiger partial charge < -0.3 is 0 Å². The van der Waals surface area contributed by atoms with E-state index in [1.165, 1.54) is 11.1 Å². The molecule has 0 aliphatic heterocycles. The molecule has 0 spiro atoms. The minimum Gasteiger partial charge on any atom is -0.283 e. The normalized spacial score (nSPS) is 11.4. The van der Waals surface area contributed by atoms with Crippen LogP contribution in [0.5, 0.6) is 0 Å². The summed E-state index contributed by atoms with van der Waals surface area (Å²) in [4.78, 5) is 12.0. The standard InChI is InChI=1S/C13H20N2O/c1-9-6-7-11(8-10(9)2)13(3,4)12(16)15(5)14/h6-8H,14H2,1-5H3. The number of amides is 1. The van der Waals surface area contributed by atoms with Crippen molar-refractivity contribution in [3.8, 4) is 0 Å². The molecule has 1 rings (SSSR count). The molecule has 0 saturated carbocycles. The fourth-order valence-electron chi connectivity index (χ4n) is 1.69. The van der Waals surface area contributed by atoms with Crippen LogP contribution in [0.4, 0.5) is 0 Å². The van der Waals surface area contributed by atoms with Gasteiger partial charge in [0.05, 0.1) is 5.41 Å². The Kier molecular flexibility index (Phi) is 3.38. The molecule has 1 aromatic rings. The monoisotopic (exact) mass is 220 g/mol. The molecule has 1 aromatic carbocycles. The molecule has 0 unspecified atom stereocenters. The smallest absolute Gasteiger partial charge is 0.246 e. The Balaban J connectivity index is 3.16. The summed E-state index contributed by atoms with van der Waals surface area (Å²) < 4.78 is 0. The average Bonchev–Trinajstić information content (AvgIpc) is 2.20. The number of aryl methyl sites for hydroxylation is 2. The Bertz CT molecular complexity index is 408. The molecule has 16 heavy (non-hydrogen) atoms. The number of nitrogens with two attached hydrogens (primary N) is 1. The highest BCUT2D eigenvalue weighted by atomic mass is 16.2. The van der Waals surface area contributed by atoms with Crippen molar-refractivity contribution < 1.29 is 4.79 Å². The van der Waals surface area contributed by atoms with E-state index in [0.29, 0.717) is 0 Å². The third-order valence-electron chi connectivity index (χ3n) is 3.08. The van der Waals surface area contributed by atoms with Gasteiger partial charge in [-0.1, -0.05) is 18.2 Å². The quantitative estimate of drug-likeness (QED) is 0.470. The van der Waals surface area contributed by atoms with Gasteiger partial charge in [-0.15, -0.1) is 0 Å². The first-order valence-corrected chi connectivity index (χ1v) is 5.37. The minimum absolute atomic E-state index is 0.0873. The third-order valence-corrected chi connectivity index (χ3v) is 3.08. The van der Waals surface area contributed by atoms with E-state index >= 15 is 0 Å². The maximum Gasteiger partial charge on any atom is 0.246 e. The largest absolute Gasteiger partial charge is 0.283 e. The van der Waals surface area contributed by atoms with Gasteiger partial charge in [0.1, 0.15) is 0 Å². The lowest BCUT2D eigenvalue weighted by Gasteiger charge is -2.27. The van der Waals surface area contributed by atoms with Crippen LogP contribution < -0.4 is 5.84 Å². The second kappa shape index (κ2) is 4.26. The van der Waals surface area contributed by atoms with Crippen molar-refractivity contribution in [1.82, 2.24) is 5.01 Å². The highest BCUT2D eigenvalue weighted by Gasteiger charge is 2.31. The van der Waals surface area contributed by atoms with E-state index in [1.54, 1.807) is 7.05 Å². The molecule has 3 nitrogen and oxygen atoms in total. The molecule has 2 N–H and O–H groups in total. The molecule has 3 heteroatoms. The summed E-state index contributed by atoms with van der Waals surface area (Å²) in [5, 5.41) is 1.15. The number of hydrazine groups is 1. The predicted molar refractivity (Wildman–Crippen MR) is 65.9 cm³/mol. The summed E-state index contributed by atoms with van der Waals surface area (Å²) in [6, 6.07) is 6.08. The molecule has 0 fully saturated rings. The zero-order chi connectivity index (χ0) is 12.5. The second-order valence-electron chi connectivity index (χ2n) is 4.84. The predicted octanol–water partition coefficient (Wildman–Crippen LogP) is 1.91. The van der Waals surface area contributed by atoms with Crippen LogP contribution in [0.1, 0.15) is 30.5 Å². The third kappa shape index (κ3) is 2.25. The number of likely N-dealkylation sites (N-methyl/N-ethyl adjacent to an activating group) is 1. The maximum absolute atomic E-state index is 12.0. The van der Waals surface area contributed by atoms with Crippen LogP contribution in [-0.4, -0.2) is 18.0 Å². The maximum atomic E-state index is 12.0. The van der Waals surface area contributed by atoms with Gasteiger partial charge in [0.15, 0.2) is 0 Å². The summed E-state index contributed by atoms with van der Waals surface area (Å²) in [6.07, 6.45) is 0. The Morgan fingerprint density at radius 1 is 1.25 bits per heavy atom. The highest BCUT2D eigenvalue weighted by molar-refractivity contribution is 5.86. The van der Waals surface area contributed by atoms with Crippen molar-refractivity contribution in [2.45, 2.75) is 33.1 Å². The molecule has 0 bridgehead atoms. The van der Waals surface area contributed by atoms with Crippen molar-refractivity contribution in [1.29, 1.82) is 0 Å². The number of hydrogen-bond acceptors (Lipinski definition) is 2. The van der Waals surface area contributed by atoms with E-state index in [9.17, 15) is 4.79 Å². The summed E-state index contributed by atoms with van der Waals surface area (Å²) in [7, 11) is 1.57. The lowest BCUT2D eigenvalue weighted by atomic mass is 9.82. The van der Waals surface area contributed by atoms with Crippen molar-refractivity contribution >= 4 is 5.91 Å². The first-order chi connectivity index (χ1) is 7.26. The molecule has 0 heterocycles. The molecular weight excluding hydrogens is 200 g/mol. The van der Waals surface area contributed by atoms with Gasteiger partial charge >= 0.3 is 0 Å². The molecule has 0 aliphatic carbocycles. The molecule has 0 saturated heterocycles. The molecular formula is C13H20N2O. The summed E-state index contributed by atoms with van der Waals surface area (Å²) >= 11 is 0. The fourth-order valence-corrected chi connectivity index (χ4v) is 1.69. The van der Waals surface area contributed by atoms with Crippen LogP contribution in [-0.2, 0) is 10.2 Å². The minimum atomic E-state index is -0.581. The molecule has 0 aromatic heterocycles. The summed E-state index contributed by atoms with van der Waals surface area (Å²) in [6.45, 7) is 7.89. The number of nitrogens with zero attached hydrogens (tertiary/aromatic N) is 1. The van der Waals surface area contributed by atoms with Crippen LogP contribution in [0.2, 0.25) is 0 Å². The zero-order valence-corrected chi connectivity index (χ0v) is 10.7. The Labute approximate surface area is 97.2 Å². The number of hydrogen-bond donors (Lipinski definition) is 1. The van der Waals surface area contributed by atoms with Crippen LogP contribution in [0, 0.1) is 13.8 Å². The highest BCUT2D eigenvalue weighted by Crippen LogP contribution is 2.26. The van der Waals surface area contributed by atoms with E-state index in [4.69, 9.17) is 5.84 Å². The van der Waals surface area contributed by atoms with Crippen LogP contribution in [0.15, 0.2) is 18.2 Å². The molecule has 0 atom stereocenters. The lowest BCUT2D eigenvalue weighted by Crippen LogP contribution is -2.45. The van der Waals surface area contributed by atoms with Gasteiger partial charge in [0.25, 0.3) is 0 Å². The average molecular weight is 220 g/mol. The van der Waals surface area contributed by atoms with Crippen molar-refractivity contribution in [3.05, 3.63) is 34.9 Å². The van der Waals surface area contributed by atoms with E-state index in [2.05, 4.69) is 13.0 Å². The van der Waals surface area contributed by atoms with Gasteiger partial charge in [0.2, 0.25) is 5.91 Å². The number of rotatable bonds is 2. The van der Waals surface area contributed by atoms with E-state index < -0.39 is 5.41 Å². The molecule has 0 aliphatic rings. The molecule has 88 valence electrons. The van der Waals surface area contributed by atoms with E-state index in [1.807, 2.05) is 32.9 Å². The van der Waals surface area contributed by atoms with Gasteiger partial charge in [-0.3, -0.25) is 9.80 Å². The number of carbonyl (C=O) groups is 1. The van der Waals surface area contributed by atoms with E-state index in [-0.39, 0.29) is 5.91 Å². The van der Waals surface area contributed by atoms with Gasteiger partial charge in [0, 0.05) is 7.05 Å². The Morgan fingerprint density at radius 2 is 1.81 bits per heavy atom.